The van der Waals surface area contributed by atoms with E-state index in [1.165, 1.54) is 48.5 Å². The number of aromatic amines is 1. The van der Waals surface area contributed by atoms with E-state index in [4.69, 9.17) is 39.1 Å². The average Bonchev–Trinajstić information content (AvgIpc) is 1.34. The van der Waals surface area contributed by atoms with Gasteiger partial charge in [-0.2, -0.15) is 0 Å². The predicted molar refractivity (Wildman–Crippen MR) is 500 cm³/mol. The van der Waals surface area contributed by atoms with Crippen LogP contribution in [0.15, 0.2) is 91.1 Å². The quantitative estimate of drug-likeness (QED) is 0.0165. The number of nitrogens with one attached hydrogen (secondary N) is 15. The number of carbonyl (C=O) groups excluding carboxylic acids is 17. The Morgan fingerprint density at radius 2 is 1.10 bits per heavy atom. The van der Waals surface area contributed by atoms with Gasteiger partial charge in [0.05, 0.1) is 18.9 Å². The van der Waals surface area contributed by atoms with Crippen molar-refractivity contribution in [1.29, 1.82) is 0 Å². The second-order valence-electron chi connectivity index (χ2n) is 34.4. The number of aryl methyl sites for hydroxylation is 1. The number of aliphatic hydroxyl groups excluding tert-OH is 1. The molecule has 2 heterocycles. The number of amides is 17. The Hall–Kier alpha value is -12.0. The molecular formula is C90H133N21O19S2. The molecule has 0 spiro atoms. The van der Waals surface area contributed by atoms with Crippen molar-refractivity contribution in [3.05, 3.63) is 113 Å². The van der Waals surface area contributed by atoms with Crippen LogP contribution < -0.4 is 114 Å². The van der Waals surface area contributed by atoms with Gasteiger partial charge >= 0.3 is 0 Å². The van der Waals surface area contributed by atoms with Crippen LogP contribution in [0.25, 0.3) is 21.7 Å². The van der Waals surface area contributed by atoms with Gasteiger partial charge in [-0.25, -0.2) is 0 Å². The third-order valence-electron chi connectivity index (χ3n) is 22.2. The highest BCUT2D eigenvalue weighted by Gasteiger charge is 2.47. The molecule has 0 bridgehead atoms. The first-order chi connectivity index (χ1) is 62.4. The Kier molecular flexibility index (Phi) is 43.6. The first kappa shape index (κ1) is 109. The molecule has 17 amide bonds. The molecule has 40 nitrogen and oxygen atoms in total. The Morgan fingerprint density at radius 1 is 0.538 bits per heavy atom. The highest BCUT2D eigenvalue weighted by atomic mass is 33.1. The fourth-order valence-corrected chi connectivity index (χ4v) is 17.6. The molecule has 0 unspecified atom stereocenters. The number of carbonyl (C=O) groups is 17. The molecule has 1 aliphatic heterocycles. The SMILES string of the molecule is CC(=O)NCCCCC[C@H](NC(=O)[C@](C)(CCCCN)NC(=O)[C@H](Cc1ccc2ccccc2c1)NC(=O)[C@H](Cc1ccc(OCCN)cc1)NC(=O)[C@H]1NC(=O)[C@H](CCCCNC(C)=O)NC(=O)[C@H](Cc2c[nH]c3c(C)cccc23)NC(=O)[C@H]([C@@H](C)O)NC(=O)[C@H](CC(N)=O)NC(=O)[C@@H](NC(C)=O)C(C)(C)SSC1(C)C)C(=O)N[C@@H](CC(N)=O)C(=O)N[C@H](CCCCN)C(N)=O. The molecule has 0 aliphatic carbocycles. The monoisotopic (exact) mass is 1880 g/mol. The van der Waals surface area contributed by atoms with Crippen LogP contribution in [-0.4, -0.2) is 237 Å². The minimum absolute atomic E-state index is 0.0590. The summed E-state index contributed by atoms with van der Waals surface area (Å²) in [5.74, 6) is -15.6. The van der Waals surface area contributed by atoms with E-state index < -0.39 is 189 Å². The molecule has 1 aliphatic rings. The fourth-order valence-electron chi connectivity index (χ4n) is 14.8. The molecule has 0 saturated carbocycles. The number of primary amides is 3. The minimum atomic E-state index is -2.02. The van der Waals surface area contributed by atoms with Gasteiger partial charge in [0, 0.05) is 86.3 Å². The number of benzene rings is 4. The lowest BCUT2D eigenvalue weighted by Gasteiger charge is -2.39. The first-order valence-electron chi connectivity index (χ1n) is 44.3. The maximum atomic E-state index is 16.4. The summed E-state index contributed by atoms with van der Waals surface area (Å²) in [4.78, 5) is 247. The summed E-state index contributed by atoms with van der Waals surface area (Å²) in [6.45, 7) is 15.3. The van der Waals surface area contributed by atoms with Gasteiger partial charge in [0.15, 0.2) is 0 Å². The molecule has 724 valence electrons. The van der Waals surface area contributed by atoms with Crippen LogP contribution in [-0.2, 0) is 101 Å². The largest absolute Gasteiger partial charge is 0.492 e. The van der Waals surface area contributed by atoms with Crippen molar-refractivity contribution in [3.8, 4) is 5.75 Å². The van der Waals surface area contributed by atoms with Crippen LogP contribution in [0.3, 0.4) is 0 Å². The van der Waals surface area contributed by atoms with Crippen LogP contribution in [0, 0.1) is 6.92 Å². The van der Waals surface area contributed by atoms with E-state index in [-0.39, 0.29) is 122 Å². The smallest absolute Gasteiger partial charge is 0.246 e. The summed E-state index contributed by atoms with van der Waals surface area (Å²) in [6.07, 6.45) is -0.597. The number of hydrogen-bond donors (Lipinski definition) is 22. The van der Waals surface area contributed by atoms with Gasteiger partial charge in [0.2, 0.25) is 100 Å². The summed E-state index contributed by atoms with van der Waals surface area (Å²) in [5, 5.41) is 51.1. The van der Waals surface area contributed by atoms with Crippen molar-refractivity contribution in [2.45, 2.75) is 272 Å². The van der Waals surface area contributed by atoms with Crippen molar-refractivity contribution >= 4 is 144 Å². The lowest BCUT2D eigenvalue weighted by atomic mass is 9.91. The Labute approximate surface area is 775 Å². The third kappa shape index (κ3) is 35.0. The molecule has 132 heavy (non-hydrogen) atoms. The number of fused-ring (bicyclic) bond motifs is 2. The number of aromatic nitrogens is 1. The lowest BCUT2D eigenvalue weighted by molar-refractivity contribution is -0.138. The molecule has 1 aromatic heterocycles. The second-order valence-corrected chi connectivity index (χ2v) is 37.9. The maximum absolute atomic E-state index is 16.4. The van der Waals surface area contributed by atoms with Gasteiger partial charge in [-0.1, -0.05) is 107 Å². The normalized spacial score (nSPS) is 19.1. The molecule has 1 fully saturated rings. The molecule has 4 aromatic carbocycles. The summed E-state index contributed by atoms with van der Waals surface area (Å²) >= 11 is 0. The minimum Gasteiger partial charge on any atom is -0.492 e. The van der Waals surface area contributed by atoms with Gasteiger partial charge in [0.1, 0.15) is 84.4 Å². The summed E-state index contributed by atoms with van der Waals surface area (Å²) in [6, 6.07) is 5.78. The highest BCUT2D eigenvalue weighted by Crippen LogP contribution is 2.47. The molecule has 28 N–H and O–H groups in total. The van der Waals surface area contributed by atoms with Gasteiger partial charge in [-0.3, -0.25) is 81.5 Å². The van der Waals surface area contributed by atoms with E-state index in [0.29, 0.717) is 65.4 Å². The maximum Gasteiger partial charge on any atom is 0.246 e. The third-order valence-corrected chi connectivity index (χ3v) is 26.5. The number of aliphatic hydroxyl groups is 1. The molecular weight excluding hydrogens is 1740 g/mol. The number of rotatable bonds is 47. The zero-order valence-corrected chi connectivity index (χ0v) is 78.3. The number of ether oxygens (including phenoxy) is 1. The first-order valence-corrected chi connectivity index (χ1v) is 46.4. The summed E-state index contributed by atoms with van der Waals surface area (Å²) in [5.41, 5.74) is 35.3. The second kappa shape index (κ2) is 52.9. The Morgan fingerprint density at radius 3 is 1.73 bits per heavy atom. The van der Waals surface area contributed by atoms with Crippen molar-refractivity contribution < 1.29 is 91.4 Å². The van der Waals surface area contributed by atoms with Crippen LogP contribution in [0.1, 0.15) is 181 Å². The lowest BCUT2D eigenvalue weighted by Crippen LogP contribution is -2.65. The molecule has 42 heteroatoms. The topological polar surface area (TPSA) is 660 Å². The van der Waals surface area contributed by atoms with Gasteiger partial charge in [-0.15, -0.1) is 0 Å². The fraction of sp³-hybridized carbons (Fsp3) is 0.544. The number of para-hydroxylation sites is 1. The van der Waals surface area contributed by atoms with Gasteiger partial charge < -0.3 is 124 Å². The number of hydrogen-bond acceptors (Lipinski definition) is 24. The molecule has 13 atom stereocenters. The number of unbranched alkanes of at least 4 members (excludes halogenated alkanes) is 5. The van der Waals surface area contributed by atoms with Crippen LogP contribution in [0.5, 0.6) is 5.75 Å². The van der Waals surface area contributed by atoms with Gasteiger partial charge in [-0.05, 0) is 177 Å². The van der Waals surface area contributed by atoms with E-state index in [2.05, 4.69) is 79.4 Å². The van der Waals surface area contributed by atoms with E-state index in [1.54, 1.807) is 66.9 Å². The van der Waals surface area contributed by atoms with E-state index in [0.717, 1.165) is 51.8 Å². The standard InChI is InChI=1S/C90H133N21O19S2/c1-50-23-22-26-61-59(49-99-72(50)61)46-67-80(122)102-63(29-16-21-41-98-53(4)114)78(120)110-75(89(8,9)132-131-88(6,7)74(100-54(5)115)85(127)107-69(48-71(95)117)82(124)109-73(51(2)112)84(126)105-67)86(128)106-65(44-55-31-34-60(35-32-55)130-42-39-93)79(121)103-66(45-56-30-33-57-24-13-14-25-58(57)43-56)83(125)111-90(10,36-17-19-38-92)87(129)108-64(28-12-11-20-40-97-52(3)113)77(119)104-68(47-70(94)116)81(123)101-62(76(96)118)27-15-18-37-91/h13-14,22-26,30-35,43,49,51,62-69,73-75,99,112H,11-12,15-21,27-29,36-42,44-48,91-93H2,1-10H3,(H2,94,116)(H2,95,117)(H2,96,118)(H,97,113)(H,98,114)(H,100,115)(H,101,123)(H,102,122)(H,103,121)(H,104,119)(H,105,126)(H,106,128)(H,107,127)(H,108,129)(H,109,124)(H,110,120)(H,111,125)/t51-,62-,63+,64+,65+,66+,67+,68+,69+,73+,74-,75-,90+/m1/s1. The van der Waals surface area contributed by atoms with E-state index >= 15 is 28.8 Å². The molecule has 1 saturated heterocycles. The van der Waals surface area contributed by atoms with Crippen molar-refractivity contribution in [2.75, 3.05) is 39.3 Å². The van der Waals surface area contributed by atoms with Gasteiger partial charge in [0.25, 0.3) is 0 Å². The van der Waals surface area contributed by atoms with E-state index in [9.17, 15) is 57.8 Å². The highest BCUT2D eigenvalue weighted by molar-refractivity contribution is 8.77. The van der Waals surface area contributed by atoms with Crippen molar-refractivity contribution in [2.24, 2.45) is 34.4 Å². The number of nitrogens with two attached hydrogens (primary N) is 6. The van der Waals surface area contributed by atoms with Crippen LogP contribution in [0.2, 0.25) is 0 Å². The Balaban J connectivity index is 1.54. The summed E-state index contributed by atoms with van der Waals surface area (Å²) in [7, 11) is 1.82. The molecule has 6 rings (SSSR count). The zero-order valence-electron chi connectivity index (χ0n) is 76.6. The summed E-state index contributed by atoms with van der Waals surface area (Å²) < 4.78 is 2.58. The van der Waals surface area contributed by atoms with Crippen molar-refractivity contribution in [1.82, 2.24) is 79.4 Å². The number of H-pyrrole nitrogens is 1. The van der Waals surface area contributed by atoms with Crippen LogP contribution >= 0.6 is 21.6 Å². The van der Waals surface area contributed by atoms with E-state index in [1.807, 2.05) is 31.2 Å². The molecule has 0 radical (unpaired) electrons. The molecule has 5 aromatic rings. The predicted octanol–water partition coefficient (Wildman–Crippen LogP) is -0.947. The Bertz CT molecular complexity index is 4860. The van der Waals surface area contributed by atoms with Crippen LogP contribution in [0.4, 0.5) is 0 Å². The zero-order chi connectivity index (χ0) is 97.7. The van der Waals surface area contributed by atoms with Crippen molar-refractivity contribution in [3.63, 3.8) is 0 Å². The average molecular weight is 1880 g/mol.